The van der Waals surface area contributed by atoms with Crippen molar-refractivity contribution in [2.75, 3.05) is 0 Å². The van der Waals surface area contributed by atoms with E-state index < -0.39 is 11.9 Å². The minimum atomic E-state index is -0.833. The molecule has 0 aromatic carbocycles. The van der Waals surface area contributed by atoms with E-state index in [1.54, 1.807) is 0 Å². The van der Waals surface area contributed by atoms with E-state index in [9.17, 15) is 0 Å². The first kappa shape index (κ1) is 36.3. The number of hydrogen-bond acceptors (Lipinski definition) is 2. The second-order valence-corrected chi connectivity index (χ2v) is 1.04. The zero-order valence-corrected chi connectivity index (χ0v) is 16.7. The van der Waals surface area contributed by atoms with Gasteiger partial charge in [0, 0.05) is 132 Å². The first-order chi connectivity index (χ1) is 3.46. The van der Waals surface area contributed by atoms with E-state index in [1.165, 1.54) is 0 Å². The van der Waals surface area contributed by atoms with Crippen LogP contribution in [-0.2, 0) is 9.59 Å². The summed E-state index contributed by atoms with van der Waals surface area (Å²) in [6.07, 6.45) is 0. The van der Waals surface area contributed by atoms with Gasteiger partial charge in [-0.3, -0.25) is 9.59 Å². The van der Waals surface area contributed by atoms with Crippen LogP contribution in [0.3, 0.4) is 0 Å². The number of rotatable bonds is 0. The van der Waals surface area contributed by atoms with E-state index in [0.29, 0.717) is 0 Å². The van der Waals surface area contributed by atoms with Crippen molar-refractivity contribution >= 4 is 130 Å². The molecule has 0 rings (SSSR count). The fraction of sp³-hybridized carbons (Fsp3) is 0.500. The molecule has 0 aliphatic rings. The van der Waals surface area contributed by atoms with Crippen LogP contribution < -0.4 is 0 Å². The first-order valence-electron chi connectivity index (χ1n) is 1.86. The van der Waals surface area contributed by atoms with E-state index in [1.807, 2.05) is 0 Å². The molecule has 12 heavy (non-hydrogen) atoms. The topological polar surface area (TPSA) is 74.6 Å². The Morgan fingerprint density at radius 1 is 0.750 bits per heavy atom. The van der Waals surface area contributed by atoms with Crippen molar-refractivity contribution in [1.82, 2.24) is 0 Å². The molecule has 4 nitrogen and oxygen atoms in total. The third-order valence-electron chi connectivity index (χ3n) is 0. The molecular weight excluding hydrogens is 204 g/mol. The second kappa shape index (κ2) is 29.2. The van der Waals surface area contributed by atoms with Crippen LogP contribution in [0.2, 0.25) is 0 Å². The molecular formula is C4H8Na4O4. The molecule has 8 heteroatoms. The molecule has 0 saturated heterocycles. The molecule has 0 amide bonds. The van der Waals surface area contributed by atoms with Gasteiger partial charge in [-0.15, -0.1) is 0 Å². The SMILES string of the molecule is CC(=O)O.CC(=O)O.[Na].[Na].[Na].[Na]. The number of carbonyl (C=O) groups is 2. The van der Waals surface area contributed by atoms with Crippen LogP contribution in [0.4, 0.5) is 0 Å². The molecule has 0 aromatic rings. The molecule has 2 N–H and O–H groups in total. The van der Waals surface area contributed by atoms with Crippen LogP contribution in [0, 0.1) is 0 Å². The van der Waals surface area contributed by atoms with E-state index >= 15 is 0 Å². The van der Waals surface area contributed by atoms with Gasteiger partial charge in [0.1, 0.15) is 0 Å². The Hall–Kier alpha value is 2.94. The third-order valence-corrected chi connectivity index (χ3v) is 0. The van der Waals surface area contributed by atoms with Crippen LogP contribution in [-0.4, -0.2) is 140 Å². The van der Waals surface area contributed by atoms with Gasteiger partial charge in [-0.1, -0.05) is 0 Å². The van der Waals surface area contributed by atoms with E-state index in [0.717, 1.165) is 13.8 Å². The fourth-order valence-corrected chi connectivity index (χ4v) is 0. The van der Waals surface area contributed by atoms with Gasteiger partial charge in [-0.2, -0.15) is 0 Å². The minimum absolute atomic E-state index is 0. The van der Waals surface area contributed by atoms with E-state index in [2.05, 4.69) is 0 Å². The average Bonchev–Trinajstić information content (AvgIpc) is 1.25. The van der Waals surface area contributed by atoms with E-state index in [4.69, 9.17) is 19.8 Å². The largest absolute Gasteiger partial charge is 0.481 e. The maximum Gasteiger partial charge on any atom is 0.300 e. The number of hydrogen-bond donors (Lipinski definition) is 2. The quantitative estimate of drug-likeness (QED) is 0.487. The summed E-state index contributed by atoms with van der Waals surface area (Å²) in [5.41, 5.74) is 0. The van der Waals surface area contributed by atoms with Gasteiger partial charge >= 0.3 is 0 Å². The summed E-state index contributed by atoms with van der Waals surface area (Å²) in [5, 5.41) is 14.8. The van der Waals surface area contributed by atoms with E-state index in [-0.39, 0.29) is 118 Å². The number of carboxylic acid groups (broad SMARTS) is 2. The Kier molecular flexibility index (Phi) is 88.4. The molecule has 0 heterocycles. The Morgan fingerprint density at radius 2 is 0.750 bits per heavy atom. The molecule has 0 spiro atoms. The molecule has 0 unspecified atom stereocenters. The molecule has 0 aliphatic heterocycles. The summed E-state index contributed by atoms with van der Waals surface area (Å²) in [5.74, 6) is -1.67. The summed E-state index contributed by atoms with van der Waals surface area (Å²) >= 11 is 0. The van der Waals surface area contributed by atoms with Crippen LogP contribution in [0.15, 0.2) is 0 Å². The van der Waals surface area contributed by atoms with Crippen molar-refractivity contribution in [1.29, 1.82) is 0 Å². The number of aliphatic carboxylic acids is 2. The normalized spacial score (nSPS) is 4.17. The standard InChI is InChI=1S/2C2H4O2.4Na/c2*1-2(3)4;;;;/h2*1H3,(H,3,4);;;;. The molecule has 0 saturated carbocycles. The van der Waals surface area contributed by atoms with Crippen LogP contribution in [0.1, 0.15) is 13.8 Å². The maximum atomic E-state index is 9.00. The van der Waals surface area contributed by atoms with Gasteiger partial charge in [0.2, 0.25) is 0 Å². The summed E-state index contributed by atoms with van der Waals surface area (Å²) in [6, 6.07) is 0. The average molecular weight is 212 g/mol. The predicted molar refractivity (Wildman–Crippen MR) is 49.6 cm³/mol. The van der Waals surface area contributed by atoms with Gasteiger partial charge in [0.15, 0.2) is 0 Å². The Bertz CT molecular complexity index is 77.1. The Morgan fingerprint density at radius 3 is 0.750 bits per heavy atom. The Balaban J connectivity index is -0.0000000112. The summed E-state index contributed by atoms with van der Waals surface area (Å²) in [4.78, 5) is 18.0. The van der Waals surface area contributed by atoms with Gasteiger partial charge in [-0.25, -0.2) is 0 Å². The van der Waals surface area contributed by atoms with Crippen LogP contribution in [0.25, 0.3) is 0 Å². The summed E-state index contributed by atoms with van der Waals surface area (Å²) < 4.78 is 0. The molecule has 52 valence electrons. The fourth-order valence-electron chi connectivity index (χ4n) is 0. The first-order valence-corrected chi connectivity index (χ1v) is 1.86. The molecule has 0 bridgehead atoms. The maximum absolute atomic E-state index is 9.00. The Labute approximate surface area is 160 Å². The monoisotopic (exact) mass is 212 g/mol. The molecule has 0 aromatic heterocycles. The zero-order valence-electron chi connectivity index (χ0n) is 8.71. The van der Waals surface area contributed by atoms with Crippen molar-refractivity contribution in [2.45, 2.75) is 13.8 Å². The molecule has 4 radical (unpaired) electrons. The number of carboxylic acids is 2. The molecule has 0 atom stereocenters. The van der Waals surface area contributed by atoms with Crippen molar-refractivity contribution in [3.05, 3.63) is 0 Å². The van der Waals surface area contributed by atoms with Crippen molar-refractivity contribution in [2.24, 2.45) is 0 Å². The van der Waals surface area contributed by atoms with Crippen molar-refractivity contribution < 1.29 is 19.8 Å². The zero-order chi connectivity index (χ0) is 7.15. The predicted octanol–water partition coefficient (Wildman–Crippen LogP) is -1.34. The summed E-state index contributed by atoms with van der Waals surface area (Å²) in [6.45, 7) is 2.17. The van der Waals surface area contributed by atoms with Crippen LogP contribution in [0.5, 0.6) is 0 Å². The van der Waals surface area contributed by atoms with Crippen LogP contribution >= 0.6 is 0 Å². The molecule has 0 fully saturated rings. The molecule has 0 aliphatic carbocycles. The van der Waals surface area contributed by atoms with Gasteiger partial charge in [0.25, 0.3) is 11.9 Å². The third kappa shape index (κ3) is 213. The van der Waals surface area contributed by atoms with Crippen molar-refractivity contribution in [3.63, 3.8) is 0 Å². The van der Waals surface area contributed by atoms with Gasteiger partial charge < -0.3 is 10.2 Å². The smallest absolute Gasteiger partial charge is 0.300 e. The van der Waals surface area contributed by atoms with Gasteiger partial charge in [0.05, 0.1) is 0 Å². The minimum Gasteiger partial charge on any atom is -0.481 e. The van der Waals surface area contributed by atoms with Crippen molar-refractivity contribution in [3.8, 4) is 0 Å². The van der Waals surface area contributed by atoms with Gasteiger partial charge in [-0.05, 0) is 0 Å². The summed E-state index contributed by atoms with van der Waals surface area (Å²) in [7, 11) is 0. The second-order valence-electron chi connectivity index (χ2n) is 1.04.